The highest BCUT2D eigenvalue weighted by Crippen LogP contribution is 2.20. The van der Waals surface area contributed by atoms with E-state index in [-0.39, 0.29) is 16.2 Å². The minimum Gasteiger partial charge on any atom is -0.389 e. The van der Waals surface area contributed by atoms with Crippen LogP contribution in [0.15, 0.2) is 18.2 Å². The number of nitrogens with two attached hydrogens (primary N) is 1. The Bertz CT molecular complexity index is 403. The van der Waals surface area contributed by atoms with Gasteiger partial charge in [-0.15, -0.1) is 0 Å². The maximum Gasteiger partial charge on any atom is 0.405 e. The van der Waals surface area contributed by atoms with Crippen LogP contribution in [0.4, 0.5) is 23.2 Å². The van der Waals surface area contributed by atoms with E-state index in [0.29, 0.717) is 0 Å². The average Bonchev–Trinajstić information content (AvgIpc) is 2.14. The first-order valence-corrected chi connectivity index (χ1v) is 4.60. The summed E-state index contributed by atoms with van der Waals surface area (Å²) in [5.41, 5.74) is 5.38. The van der Waals surface area contributed by atoms with Gasteiger partial charge in [-0.3, -0.25) is 0 Å². The van der Waals surface area contributed by atoms with Crippen molar-refractivity contribution in [2.75, 3.05) is 11.9 Å². The first kappa shape index (κ1) is 12.7. The highest BCUT2D eigenvalue weighted by atomic mass is 32.1. The largest absolute Gasteiger partial charge is 0.405 e. The Labute approximate surface area is 94.4 Å². The van der Waals surface area contributed by atoms with Crippen LogP contribution >= 0.6 is 12.2 Å². The summed E-state index contributed by atoms with van der Waals surface area (Å²) in [4.78, 5) is -0.163. The van der Waals surface area contributed by atoms with E-state index < -0.39 is 18.5 Å². The van der Waals surface area contributed by atoms with Crippen LogP contribution in [0.2, 0.25) is 0 Å². The predicted octanol–water partition coefficient (Wildman–Crippen LogP) is 2.43. The highest BCUT2D eigenvalue weighted by Gasteiger charge is 2.27. The van der Waals surface area contributed by atoms with Gasteiger partial charge < -0.3 is 11.1 Å². The Morgan fingerprint density at radius 3 is 2.50 bits per heavy atom. The summed E-state index contributed by atoms with van der Waals surface area (Å²) in [5, 5.41) is 2.10. The number of alkyl halides is 3. The number of rotatable bonds is 3. The van der Waals surface area contributed by atoms with Gasteiger partial charge >= 0.3 is 6.18 Å². The standard InChI is InChI=1S/C9H8F4N2S/c10-5-1-2-7(6(3-5)8(14)16)15-4-9(11,12)13/h1-3,15H,4H2,(H2,14,16). The molecule has 88 valence electrons. The van der Waals surface area contributed by atoms with Crippen molar-refractivity contribution in [3.63, 3.8) is 0 Å². The van der Waals surface area contributed by atoms with Gasteiger partial charge in [-0.1, -0.05) is 12.2 Å². The third kappa shape index (κ3) is 3.65. The maximum atomic E-state index is 12.8. The molecule has 0 atom stereocenters. The fourth-order valence-corrected chi connectivity index (χ4v) is 1.24. The molecule has 3 N–H and O–H groups in total. The van der Waals surface area contributed by atoms with Gasteiger partial charge in [0.2, 0.25) is 0 Å². The van der Waals surface area contributed by atoms with Crippen molar-refractivity contribution >= 4 is 22.9 Å². The van der Waals surface area contributed by atoms with Crippen molar-refractivity contribution in [2.24, 2.45) is 5.73 Å². The van der Waals surface area contributed by atoms with Gasteiger partial charge in [0.05, 0.1) is 0 Å². The molecular formula is C9H8F4N2S. The molecular weight excluding hydrogens is 244 g/mol. The molecule has 1 aromatic rings. The van der Waals surface area contributed by atoms with Crippen LogP contribution in [0.3, 0.4) is 0 Å². The number of anilines is 1. The van der Waals surface area contributed by atoms with E-state index >= 15 is 0 Å². The summed E-state index contributed by atoms with van der Waals surface area (Å²) < 4.78 is 48.7. The van der Waals surface area contributed by atoms with Crippen LogP contribution in [0, 0.1) is 5.82 Å². The van der Waals surface area contributed by atoms with Crippen LogP contribution in [-0.2, 0) is 0 Å². The van der Waals surface area contributed by atoms with Crippen LogP contribution < -0.4 is 11.1 Å². The summed E-state index contributed by atoms with van der Waals surface area (Å²) in [6, 6.07) is 3.18. The molecule has 0 fully saturated rings. The topological polar surface area (TPSA) is 38.0 Å². The van der Waals surface area contributed by atoms with E-state index in [1.807, 2.05) is 0 Å². The molecule has 7 heteroatoms. The summed E-state index contributed by atoms with van der Waals surface area (Å²) in [6.45, 7) is -1.23. The first-order chi connectivity index (χ1) is 7.29. The molecule has 0 unspecified atom stereocenters. The Hall–Kier alpha value is -1.37. The average molecular weight is 252 g/mol. The van der Waals surface area contributed by atoms with Gasteiger partial charge in [0.1, 0.15) is 17.4 Å². The van der Waals surface area contributed by atoms with Gasteiger partial charge in [0.25, 0.3) is 0 Å². The number of nitrogens with one attached hydrogen (secondary N) is 1. The second kappa shape index (κ2) is 4.65. The van der Waals surface area contributed by atoms with Crippen LogP contribution in [-0.4, -0.2) is 17.7 Å². The third-order valence-corrected chi connectivity index (χ3v) is 1.95. The quantitative estimate of drug-likeness (QED) is 0.641. The zero-order valence-corrected chi connectivity index (χ0v) is 8.75. The Balaban J connectivity index is 2.91. The molecule has 0 aliphatic carbocycles. The summed E-state index contributed by atoms with van der Waals surface area (Å²) in [7, 11) is 0. The fourth-order valence-electron chi connectivity index (χ4n) is 1.07. The molecule has 0 aliphatic rings. The van der Waals surface area contributed by atoms with Gasteiger partial charge in [-0.2, -0.15) is 13.2 Å². The summed E-state index contributed by atoms with van der Waals surface area (Å²) in [5.74, 6) is -0.611. The predicted molar refractivity (Wildman–Crippen MR) is 56.8 cm³/mol. The SMILES string of the molecule is NC(=S)c1cc(F)ccc1NCC(F)(F)F. The molecule has 0 aromatic heterocycles. The lowest BCUT2D eigenvalue weighted by Crippen LogP contribution is -2.23. The van der Waals surface area contributed by atoms with E-state index in [0.717, 1.165) is 18.2 Å². The smallest absolute Gasteiger partial charge is 0.389 e. The molecule has 1 rings (SSSR count). The van der Waals surface area contributed by atoms with Gasteiger partial charge in [-0.05, 0) is 18.2 Å². The Morgan fingerprint density at radius 2 is 2.00 bits per heavy atom. The van der Waals surface area contributed by atoms with Crippen molar-refractivity contribution < 1.29 is 17.6 Å². The maximum absolute atomic E-state index is 12.8. The highest BCUT2D eigenvalue weighted by molar-refractivity contribution is 7.80. The third-order valence-electron chi connectivity index (χ3n) is 1.73. The van der Waals surface area contributed by atoms with Crippen LogP contribution in [0.25, 0.3) is 0 Å². The molecule has 0 heterocycles. The zero-order chi connectivity index (χ0) is 12.3. The summed E-state index contributed by atoms with van der Waals surface area (Å²) in [6.07, 6.45) is -4.36. The Kier molecular flexibility index (Phi) is 3.69. The number of hydrogen-bond donors (Lipinski definition) is 2. The van der Waals surface area contributed by atoms with Crippen molar-refractivity contribution in [1.29, 1.82) is 0 Å². The van der Waals surface area contributed by atoms with Gasteiger partial charge in [-0.25, -0.2) is 4.39 Å². The molecule has 0 amide bonds. The molecule has 2 nitrogen and oxygen atoms in total. The minimum atomic E-state index is -4.36. The van der Waals surface area contributed by atoms with Crippen LogP contribution in [0.1, 0.15) is 5.56 Å². The van der Waals surface area contributed by atoms with E-state index in [1.165, 1.54) is 0 Å². The molecule has 0 saturated carbocycles. The van der Waals surface area contributed by atoms with Crippen molar-refractivity contribution in [3.05, 3.63) is 29.6 Å². The summed E-state index contributed by atoms with van der Waals surface area (Å²) >= 11 is 4.61. The van der Waals surface area contributed by atoms with E-state index in [4.69, 9.17) is 5.73 Å². The zero-order valence-electron chi connectivity index (χ0n) is 7.94. The van der Waals surface area contributed by atoms with Crippen LogP contribution in [0.5, 0.6) is 0 Å². The molecule has 0 spiro atoms. The molecule has 0 radical (unpaired) electrons. The van der Waals surface area contributed by atoms with Crippen molar-refractivity contribution in [1.82, 2.24) is 0 Å². The normalized spacial score (nSPS) is 11.2. The first-order valence-electron chi connectivity index (χ1n) is 4.19. The molecule has 0 saturated heterocycles. The van der Waals surface area contributed by atoms with Crippen molar-refractivity contribution in [2.45, 2.75) is 6.18 Å². The number of hydrogen-bond acceptors (Lipinski definition) is 2. The second-order valence-electron chi connectivity index (χ2n) is 3.02. The van der Waals surface area contributed by atoms with E-state index in [1.54, 1.807) is 0 Å². The monoisotopic (exact) mass is 252 g/mol. The fraction of sp³-hybridized carbons (Fsp3) is 0.222. The number of benzene rings is 1. The molecule has 0 bridgehead atoms. The minimum absolute atomic E-state index is 0.0549. The van der Waals surface area contributed by atoms with Crippen molar-refractivity contribution in [3.8, 4) is 0 Å². The molecule has 0 aliphatic heterocycles. The number of thiocarbonyl (C=S) groups is 1. The molecule has 1 aromatic carbocycles. The lowest BCUT2D eigenvalue weighted by atomic mass is 10.1. The number of halogens is 4. The lowest BCUT2D eigenvalue weighted by Gasteiger charge is -2.12. The lowest BCUT2D eigenvalue weighted by molar-refractivity contribution is -0.115. The molecule has 16 heavy (non-hydrogen) atoms. The second-order valence-corrected chi connectivity index (χ2v) is 3.46. The van der Waals surface area contributed by atoms with E-state index in [2.05, 4.69) is 17.5 Å². The van der Waals surface area contributed by atoms with Gasteiger partial charge in [0.15, 0.2) is 0 Å². The van der Waals surface area contributed by atoms with Gasteiger partial charge in [0, 0.05) is 11.3 Å². The Morgan fingerprint density at radius 1 is 1.38 bits per heavy atom. The van der Waals surface area contributed by atoms with E-state index in [9.17, 15) is 17.6 Å².